The van der Waals surface area contributed by atoms with Gasteiger partial charge < -0.3 is 10.3 Å². The lowest BCUT2D eigenvalue weighted by Crippen LogP contribution is -2.18. The second kappa shape index (κ2) is 6.72. The van der Waals surface area contributed by atoms with Gasteiger partial charge in [-0.05, 0) is 38.0 Å². The maximum atomic E-state index is 12.2. The summed E-state index contributed by atoms with van der Waals surface area (Å²) in [7, 11) is -3.39. The number of pyridine rings is 1. The van der Waals surface area contributed by atoms with Crippen molar-refractivity contribution in [1.29, 1.82) is 0 Å². The van der Waals surface area contributed by atoms with E-state index in [0.717, 1.165) is 16.9 Å². The molecule has 0 bridgehead atoms. The number of hydrogen-bond acceptors (Lipinski definition) is 5. The molecule has 1 aromatic carbocycles. The SMILES string of the molecule is Cc1cnc(N)c2nc(C)n(CCCS(=O)(=O)Nc3ccccc3)c12. The molecule has 0 spiro atoms. The largest absolute Gasteiger partial charge is 0.382 e. The van der Waals surface area contributed by atoms with Crippen molar-refractivity contribution < 1.29 is 8.42 Å². The molecule has 7 nitrogen and oxygen atoms in total. The van der Waals surface area contributed by atoms with Crippen molar-refractivity contribution in [3.8, 4) is 0 Å². The molecule has 0 unspecified atom stereocenters. The Bertz CT molecular complexity index is 997. The van der Waals surface area contributed by atoms with E-state index < -0.39 is 10.0 Å². The van der Waals surface area contributed by atoms with E-state index in [1.165, 1.54) is 0 Å². The van der Waals surface area contributed by atoms with E-state index >= 15 is 0 Å². The number of anilines is 2. The van der Waals surface area contributed by atoms with Gasteiger partial charge in [0.2, 0.25) is 10.0 Å². The smallest absolute Gasteiger partial charge is 0.232 e. The highest BCUT2D eigenvalue weighted by molar-refractivity contribution is 7.92. The monoisotopic (exact) mass is 359 g/mol. The maximum absolute atomic E-state index is 12.2. The second-order valence-electron chi connectivity index (χ2n) is 5.97. The molecule has 132 valence electrons. The van der Waals surface area contributed by atoms with E-state index in [-0.39, 0.29) is 5.75 Å². The first-order valence-corrected chi connectivity index (χ1v) is 9.66. The van der Waals surface area contributed by atoms with Gasteiger partial charge in [-0.3, -0.25) is 4.72 Å². The average molecular weight is 359 g/mol. The minimum atomic E-state index is -3.39. The molecule has 0 aliphatic heterocycles. The van der Waals surface area contributed by atoms with Crippen molar-refractivity contribution in [2.75, 3.05) is 16.2 Å². The van der Waals surface area contributed by atoms with E-state index in [2.05, 4.69) is 14.7 Å². The van der Waals surface area contributed by atoms with Crippen molar-refractivity contribution in [2.24, 2.45) is 0 Å². The average Bonchev–Trinajstić information content (AvgIpc) is 2.89. The van der Waals surface area contributed by atoms with E-state index in [9.17, 15) is 8.42 Å². The first-order chi connectivity index (χ1) is 11.9. The molecule has 0 saturated carbocycles. The summed E-state index contributed by atoms with van der Waals surface area (Å²) in [5.41, 5.74) is 9.02. The predicted molar refractivity (Wildman–Crippen MR) is 99.9 cm³/mol. The molecule has 0 aliphatic carbocycles. The fourth-order valence-corrected chi connectivity index (χ4v) is 3.96. The van der Waals surface area contributed by atoms with Crippen molar-refractivity contribution in [1.82, 2.24) is 14.5 Å². The number of rotatable bonds is 6. The number of nitrogens with one attached hydrogen (secondary N) is 1. The lowest BCUT2D eigenvalue weighted by molar-refractivity contribution is 0.591. The molecule has 8 heteroatoms. The van der Waals surface area contributed by atoms with Crippen LogP contribution in [0.3, 0.4) is 0 Å². The third-order valence-corrected chi connectivity index (χ3v) is 5.39. The highest BCUT2D eigenvalue weighted by Gasteiger charge is 2.15. The van der Waals surface area contributed by atoms with Crippen molar-refractivity contribution >= 4 is 32.6 Å². The van der Waals surface area contributed by atoms with Gasteiger partial charge in [0, 0.05) is 18.4 Å². The number of benzene rings is 1. The summed E-state index contributed by atoms with van der Waals surface area (Å²) in [6, 6.07) is 8.88. The van der Waals surface area contributed by atoms with Crippen LogP contribution < -0.4 is 10.5 Å². The summed E-state index contributed by atoms with van der Waals surface area (Å²) in [4.78, 5) is 8.59. The fourth-order valence-electron chi connectivity index (χ4n) is 2.85. The Morgan fingerprint density at radius 1 is 1.20 bits per heavy atom. The summed E-state index contributed by atoms with van der Waals surface area (Å²) in [6.45, 7) is 4.37. The Labute approximate surface area is 147 Å². The number of nitrogens with two attached hydrogens (primary N) is 1. The van der Waals surface area contributed by atoms with Crippen LogP contribution in [-0.2, 0) is 16.6 Å². The Balaban J connectivity index is 1.73. The Hall–Kier alpha value is -2.61. The lowest BCUT2D eigenvalue weighted by atomic mass is 10.2. The van der Waals surface area contributed by atoms with Crippen molar-refractivity contribution in [2.45, 2.75) is 26.8 Å². The van der Waals surface area contributed by atoms with Gasteiger partial charge in [-0.1, -0.05) is 18.2 Å². The first-order valence-electron chi connectivity index (χ1n) is 8.01. The number of sulfonamides is 1. The summed E-state index contributed by atoms with van der Waals surface area (Å²) < 4.78 is 29.1. The molecule has 0 fully saturated rings. The highest BCUT2D eigenvalue weighted by atomic mass is 32.2. The van der Waals surface area contributed by atoms with E-state index in [0.29, 0.717) is 30.0 Å². The van der Waals surface area contributed by atoms with Crippen LogP contribution in [0.4, 0.5) is 11.5 Å². The molecule has 0 radical (unpaired) electrons. The van der Waals surface area contributed by atoms with Gasteiger partial charge in [-0.2, -0.15) is 0 Å². The van der Waals surface area contributed by atoms with Gasteiger partial charge in [0.1, 0.15) is 11.3 Å². The van der Waals surface area contributed by atoms with Crippen molar-refractivity contribution in [3.05, 3.63) is 47.9 Å². The minimum absolute atomic E-state index is 0.0284. The molecule has 0 atom stereocenters. The van der Waals surface area contributed by atoms with E-state index in [4.69, 9.17) is 5.73 Å². The van der Waals surface area contributed by atoms with Gasteiger partial charge >= 0.3 is 0 Å². The van der Waals surface area contributed by atoms with Gasteiger partial charge in [0.05, 0.1) is 11.3 Å². The molecule has 2 heterocycles. The molecule has 0 aliphatic rings. The summed E-state index contributed by atoms with van der Waals surface area (Å²) in [5.74, 6) is 1.22. The highest BCUT2D eigenvalue weighted by Crippen LogP contribution is 2.23. The molecular weight excluding hydrogens is 338 g/mol. The maximum Gasteiger partial charge on any atom is 0.232 e. The van der Waals surface area contributed by atoms with Crippen LogP contribution in [0.25, 0.3) is 11.0 Å². The summed E-state index contributed by atoms with van der Waals surface area (Å²) in [5, 5.41) is 0. The third kappa shape index (κ3) is 3.74. The predicted octanol–water partition coefficient (Wildman–Crippen LogP) is 2.46. The second-order valence-corrected chi connectivity index (χ2v) is 7.82. The molecule has 0 saturated heterocycles. The van der Waals surface area contributed by atoms with E-state index in [1.807, 2.05) is 24.5 Å². The van der Waals surface area contributed by atoms with Gasteiger partial charge in [-0.25, -0.2) is 18.4 Å². The first kappa shape index (κ1) is 17.2. The zero-order chi connectivity index (χ0) is 18.0. The molecule has 3 N–H and O–H groups in total. The number of imidazole rings is 1. The Kier molecular flexibility index (Phi) is 4.63. The summed E-state index contributed by atoms with van der Waals surface area (Å²) >= 11 is 0. The fraction of sp³-hybridized carbons (Fsp3) is 0.294. The molecule has 25 heavy (non-hydrogen) atoms. The molecule has 2 aromatic heterocycles. The van der Waals surface area contributed by atoms with Crippen LogP contribution in [0.5, 0.6) is 0 Å². The number of nitrogen functional groups attached to an aromatic ring is 1. The van der Waals surface area contributed by atoms with Gasteiger partial charge in [0.15, 0.2) is 5.82 Å². The number of nitrogens with zero attached hydrogens (tertiary/aromatic N) is 3. The third-order valence-electron chi connectivity index (χ3n) is 4.01. The number of hydrogen-bond donors (Lipinski definition) is 2. The number of fused-ring (bicyclic) bond motifs is 1. The molecule has 0 amide bonds. The van der Waals surface area contributed by atoms with Crippen LogP contribution in [-0.4, -0.2) is 28.7 Å². The zero-order valence-corrected chi connectivity index (χ0v) is 15.0. The standard InChI is InChI=1S/C17H21N5O2S/c1-12-11-19-17(18)15-16(12)22(13(2)20-15)9-6-10-25(23,24)21-14-7-4-3-5-8-14/h3-5,7-8,11,21H,6,9-10H2,1-2H3,(H2,18,19). The number of aryl methyl sites for hydroxylation is 3. The van der Waals surface area contributed by atoms with Crippen molar-refractivity contribution in [3.63, 3.8) is 0 Å². The van der Waals surface area contributed by atoms with Crippen LogP contribution in [0.2, 0.25) is 0 Å². The van der Waals surface area contributed by atoms with Crippen LogP contribution in [0, 0.1) is 13.8 Å². The van der Waals surface area contributed by atoms with E-state index in [1.54, 1.807) is 30.5 Å². The quantitative estimate of drug-likeness (QED) is 0.704. The van der Waals surface area contributed by atoms with Gasteiger partial charge in [-0.15, -0.1) is 0 Å². The molecule has 3 aromatic rings. The number of aromatic nitrogens is 3. The Morgan fingerprint density at radius 2 is 1.92 bits per heavy atom. The zero-order valence-electron chi connectivity index (χ0n) is 14.2. The normalized spacial score (nSPS) is 11.8. The number of para-hydroxylation sites is 1. The Morgan fingerprint density at radius 3 is 2.64 bits per heavy atom. The van der Waals surface area contributed by atoms with Crippen LogP contribution in [0.1, 0.15) is 17.8 Å². The van der Waals surface area contributed by atoms with Crippen LogP contribution in [0.15, 0.2) is 36.5 Å². The molecular formula is C17H21N5O2S. The van der Waals surface area contributed by atoms with Gasteiger partial charge in [0.25, 0.3) is 0 Å². The summed E-state index contributed by atoms with van der Waals surface area (Å²) in [6.07, 6.45) is 2.18. The van der Waals surface area contributed by atoms with Crippen LogP contribution >= 0.6 is 0 Å². The molecule has 3 rings (SSSR count). The lowest BCUT2D eigenvalue weighted by Gasteiger charge is -2.10. The minimum Gasteiger partial charge on any atom is -0.382 e. The topological polar surface area (TPSA) is 103 Å².